The Labute approximate surface area is 341 Å². The standard InChI is InChI=1S/C53H35N5O/c1-6-16-37(17-7-1)46-34-47(38-18-8-2-9-19-38)56-53(55-46)58-49-31-28-40(32-44(49)45-33-51-48(35-50(45)58)54-52(59-51)39-20-10-3-11-21-39)36-26-29-43(30-27-36)57(41-22-12-4-13-23-41)42-24-14-5-15-25-42/h1-35H. The van der Waals surface area contributed by atoms with E-state index in [9.17, 15) is 0 Å². The Hall–Kier alpha value is -8.09. The largest absolute Gasteiger partial charge is 0.436 e. The smallest absolute Gasteiger partial charge is 0.235 e. The van der Waals surface area contributed by atoms with Gasteiger partial charge in [0.1, 0.15) is 5.52 Å². The molecule has 8 aromatic carbocycles. The van der Waals surface area contributed by atoms with Crippen LogP contribution in [0.25, 0.3) is 83.9 Å². The highest BCUT2D eigenvalue weighted by Crippen LogP contribution is 2.40. The van der Waals surface area contributed by atoms with Gasteiger partial charge in [-0.25, -0.2) is 15.0 Å². The summed E-state index contributed by atoms with van der Waals surface area (Å²) >= 11 is 0. The molecule has 0 amide bonds. The minimum absolute atomic E-state index is 0.579. The maximum absolute atomic E-state index is 6.45. The van der Waals surface area contributed by atoms with E-state index in [0.29, 0.717) is 11.8 Å². The number of anilines is 3. The summed E-state index contributed by atoms with van der Waals surface area (Å²) in [5.74, 6) is 1.16. The van der Waals surface area contributed by atoms with Crippen LogP contribution < -0.4 is 4.90 Å². The van der Waals surface area contributed by atoms with Gasteiger partial charge in [0, 0.05) is 44.5 Å². The van der Waals surface area contributed by atoms with E-state index in [1.165, 1.54) is 0 Å². The number of hydrogen-bond acceptors (Lipinski definition) is 5. The molecule has 0 unspecified atom stereocenters. The number of para-hydroxylation sites is 2. The molecule has 0 saturated heterocycles. The predicted octanol–water partition coefficient (Wildman–Crippen LogP) is 13.9. The third-order valence-electron chi connectivity index (χ3n) is 10.8. The third-order valence-corrected chi connectivity index (χ3v) is 10.8. The van der Waals surface area contributed by atoms with Crippen LogP contribution in [0.3, 0.4) is 0 Å². The van der Waals surface area contributed by atoms with Gasteiger partial charge >= 0.3 is 0 Å². The zero-order valence-corrected chi connectivity index (χ0v) is 31.9. The Kier molecular flexibility index (Phi) is 8.37. The Bertz CT molecular complexity index is 3140. The van der Waals surface area contributed by atoms with Gasteiger partial charge in [-0.1, -0.05) is 133 Å². The van der Waals surface area contributed by atoms with Crippen molar-refractivity contribution in [2.75, 3.05) is 4.90 Å². The van der Waals surface area contributed by atoms with Crippen LogP contribution in [0.15, 0.2) is 217 Å². The molecule has 0 saturated carbocycles. The fourth-order valence-corrected chi connectivity index (χ4v) is 7.99. The zero-order valence-electron chi connectivity index (χ0n) is 31.9. The van der Waals surface area contributed by atoms with Crippen LogP contribution in [0.1, 0.15) is 0 Å². The molecule has 278 valence electrons. The summed E-state index contributed by atoms with van der Waals surface area (Å²) in [4.78, 5) is 17.8. The van der Waals surface area contributed by atoms with Crippen molar-refractivity contribution in [2.24, 2.45) is 0 Å². The van der Waals surface area contributed by atoms with Gasteiger partial charge in [-0.3, -0.25) is 4.57 Å². The van der Waals surface area contributed by atoms with Crippen LogP contribution in [0.4, 0.5) is 17.1 Å². The van der Waals surface area contributed by atoms with Crippen LogP contribution in [-0.2, 0) is 0 Å². The van der Waals surface area contributed by atoms with E-state index < -0.39 is 0 Å². The molecule has 0 aliphatic rings. The van der Waals surface area contributed by atoms with Crippen molar-refractivity contribution in [1.29, 1.82) is 0 Å². The first kappa shape index (κ1) is 34.2. The van der Waals surface area contributed by atoms with Gasteiger partial charge in [0.2, 0.25) is 11.8 Å². The van der Waals surface area contributed by atoms with E-state index in [-0.39, 0.29) is 0 Å². The Morgan fingerprint density at radius 2 is 0.864 bits per heavy atom. The third kappa shape index (κ3) is 6.29. The molecule has 6 nitrogen and oxygen atoms in total. The molecular weight excluding hydrogens is 723 g/mol. The monoisotopic (exact) mass is 757 g/mol. The lowest BCUT2D eigenvalue weighted by Crippen LogP contribution is -2.09. The average molecular weight is 758 g/mol. The molecule has 3 aromatic heterocycles. The molecule has 0 spiro atoms. The lowest BCUT2D eigenvalue weighted by Gasteiger charge is -2.25. The topological polar surface area (TPSA) is 60.0 Å². The fourth-order valence-electron chi connectivity index (χ4n) is 7.99. The number of rotatable bonds is 8. The molecule has 11 rings (SSSR count). The van der Waals surface area contributed by atoms with Crippen molar-refractivity contribution in [2.45, 2.75) is 0 Å². The van der Waals surface area contributed by atoms with Crippen molar-refractivity contribution < 1.29 is 4.42 Å². The highest BCUT2D eigenvalue weighted by atomic mass is 16.3. The second-order valence-corrected chi connectivity index (χ2v) is 14.5. The minimum atomic E-state index is 0.579. The van der Waals surface area contributed by atoms with E-state index in [2.05, 4.69) is 143 Å². The first-order valence-electron chi connectivity index (χ1n) is 19.7. The molecule has 0 bridgehead atoms. The summed E-state index contributed by atoms with van der Waals surface area (Å²) in [6, 6.07) is 73.3. The van der Waals surface area contributed by atoms with E-state index >= 15 is 0 Å². The van der Waals surface area contributed by atoms with Crippen LogP contribution >= 0.6 is 0 Å². The molecule has 0 radical (unpaired) electrons. The summed E-state index contributed by atoms with van der Waals surface area (Å²) in [6.07, 6.45) is 0. The second kappa shape index (κ2) is 14.4. The fraction of sp³-hybridized carbons (Fsp3) is 0. The molecule has 0 aliphatic heterocycles. The number of nitrogens with zero attached hydrogens (tertiary/aromatic N) is 5. The van der Waals surface area contributed by atoms with Gasteiger partial charge < -0.3 is 9.32 Å². The van der Waals surface area contributed by atoms with E-state index in [1.807, 2.05) is 78.9 Å². The summed E-state index contributed by atoms with van der Waals surface area (Å²) in [5, 5.41) is 2.09. The van der Waals surface area contributed by atoms with Gasteiger partial charge in [-0.2, -0.15) is 0 Å². The van der Waals surface area contributed by atoms with Crippen molar-refractivity contribution >= 4 is 50.0 Å². The molecule has 3 heterocycles. The normalized spacial score (nSPS) is 11.4. The summed E-state index contributed by atoms with van der Waals surface area (Å²) in [7, 11) is 0. The molecule has 0 atom stereocenters. The molecule has 0 N–H and O–H groups in total. The molecule has 11 aromatic rings. The van der Waals surface area contributed by atoms with Crippen molar-refractivity contribution in [1.82, 2.24) is 19.5 Å². The van der Waals surface area contributed by atoms with Gasteiger partial charge in [-0.15, -0.1) is 0 Å². The van der Waals surface area contributed by atoms with E-state index in [0.717, 1.165) is 89.2 Å². The summed E-state index contributed by atoms with van der Waals surface area (Å²) in [6.45, 7) is 0. The maximum atomic E-state index is 6.45. The lowest BCUT2D eigenvalue weighted by atomic mass is 10.0. The number of fused-ring (bicyclic) bond motifs is 4. The molecular formula is C53H35N5O. The van der Waals surface area contributed by atoms with Gasteiger partial charge in [0.05, 0.1) is 22.4 Å². The van der Waals surface area contributed by atoms with Crippen molar-refractivity contribution in [3.05, 3.63) is 212 Å². The van der Waals surface area contributed by atoms with Crippen LogP contribution in [0.5, 0.6) is 0 Å². The zero-order chi connectivity index (χ0) is 39.1. The first-order chi connectivity index (χ1) is 29.2. The molecule has 59 heavy (non-hydrogen) atoms. The van der Waals surface area contributed by atoms with Crippen molar-refractivity contribution in [3.8, 4) is 51.0 Å². The Balaban J connectivity index is 1.10. The predicted molar refractivity (Wildman–Crippen MR) is 240 cm³/mol. The first-order valence-corrected chi connectivity index (χ1v) is 19.7. The van der Waals surface area contributed by atoms with Gasteiger partial charge in [-0.05, 0) is 90.0 Å². The van der Waals surface area contributed by atoms with E-state index in [1.54, 1.807) is 0 Å². The van der Waals surface area contributed by atoms with Crippen LogP contribution in [0.2, 0.25) is 0 Å². The highest BCUT2D eigenvalue weighted by molar-refractivity contribution is 6.13. The number of aromatic nitrogens is 4. The summed E-state index contributed by atoms with van der Waals surface area (Å²) < 4.78 is 8.62. The minimum Gasteiger partial charge on any atom is -0.436 e. The SMILES string of the molecule is c1ccc(-c2cc(-c3ccccc3)nc(-n3c4ccc(-c5ccc(N(c6ccccc6)c6ccccc6)cc5)cc4c4cc5oc(-c6ccccc6)nc5cc43)n2)cc1. The Morgan fingerprint density at radius 1 is 0.373 bits per heavy atom. The number of benzene rings is 8. The number of hydrogen-bond donors (Lipinski definition) is 0. The summed E-state index contributed by atoms with van der Waals surface area (Å²) in [5.41, 5.74) is 13.5. The quantitative estimate of drug-likeness (QED) is 0.154. The maximum Gasteiger partial charge on any atom is 0.235 e. The van der Waals surface area contributed by atoms with Gasteiger partial charge in [0.15, 0.2) is 5.58 Å². The average Bonchev–Trinajstić information content (AvgIpc) is 3.88. The molecule has 0 fully saturated rings. The Morgan fingerprint density at radius 3 is 1.44 bits per heavy atom. The van der Waals surface area contributed by atoms with Crippen molar-refractivity contribution in [3.63, 3.8) is 0 Å². The molecule has 0 aliphatic carbocycles. The molecule has 6 heteroatoms. The van der Waals surface area contributed by atoms with Crippen LogP contribution in [-0.4, -0.2) is 19.5 Å². The number of oxazole rings is 1. The second-order valence-electron chi connectivity index (χ2n) is 14.5. The van der Waals surface area contributed by atoms with E-state index in [4.69, 9.17) is 19.4 Å². The lowest BCUT2D eigenvalue weighted by molar-refractivity contribution is 0.620. The highest BCUT2D eigenvalue weighted by Gasteiger charge is 2.21. The van der Waals surface area contributed by atoms with Gasteiger partial charge in [0.25, 0.3) is 0 Å². The van der Waals surface area contributed by atoms with Crippen LogP contribution in [0, 0.1) is 0 Å².